The Morgan fingerprint density at radius 2 is 1.96 bits per heavy atom. The van der Waals surface area contributed by atoms with E-state index in [0.29, 0.717) is 18.4 Å². The summed E-state index contributed by atoms with van der Waals surface area (Å²) in [7, 11) is 0. The lowest BCUT2D eigenvalue weighted by Crippen LogP contribution is -2.24. The van der Waals surface area contributed by atoms with Gasteiger partial charge in [-0.15, -0.1) is 0 Å². The van der Waals surface area contributed by atoms with Gasteiger partial charge in [-0.05, 0) is 44.0 Å². The molecule has 0 spiro atoms. The Labute approximate surface area is 142 Å². The van der Waals surface area contributed by atoms with Crippen LogP contribution in [0.5, 0.6) is 0 Å². The van der Waals surface area contributed by atoms with Gasteiger partial charge < -0.3 is 10.2 Å². The SMILES string of the molecule is CCN(CC)c1cc(CCC(=O)NCc2ccccc2F)ccn1. The Hall–Kier alpha value is -2.43. The molecule has 0 radical (unpaired) electrons. The molecule has 1 aromatic carbocycles. The van der Waals surface area contributed by atoms with Gasteiger partial charge in [0.25, 0.3) is 0 Å². The van der Waals surface area contributed by atoms with Gasteiger partial charge in [-0.25, -0.2) is 9.37 Å². The van der Waals surface area contributed by atoms with Crippen LogP contribution in [-0.2, 0) is 17.8 Å². The van der Waals surface area contributed by atoms with Crippen LogP contribution in [0.4, 0.5) is 10.2 Å². The van der Waals surface area contributed by atoms with E-state index in [1.165, 1.54) is 6.07 Å². The summed E-state index contributed by atoms with van der Waals surface area (Å²) >= 11 is 0. The summed E-state index contributed by atoms with van der Waals surface area (Å²) in [6.07, 6.45) is 2.79. The second-order valence-electron chi connectivity index (χ2n) is 5.56. The molecule has 0 aliphatic heterocycles. The highest BCUT2D eigenvalue weighted by Crippen LogP contribution is 2.13. The lowest BCUT2D eigenvalue weighted by molar-refractivity contribution is -0.121. The second-order valence-corrected chi connectivity index (χ2v) is 5.56. The number of pyridine rings is 1. The molecular formula is C19H24FN3O. The van der Waals surface area contributed by atoms with Crippen molar-refractivity contribution in [1.82, 2.24) is 10.3 Å². The van der Waals surface area contributed by atoms with Crippen molar-refractivity contribution >= 4 is 11.7 Å². The maximum Gasteiger partial charge on any atom is 0.220 e. The third-order valence-electron chi connectivity index (χ3n) is 3.97. The molecule has 0 aliphatic carbocycles. The maximum atomic E-state index is 13.5. The molecule has 0 fully saturated rings. The summed E-state index contributed by atoms with van der Waals surface area (Å²) in [5.74, 6) is 0.555. The molecule has 1 N–H and O–H groups in total. The number of hydrogen-bond donors (Lipinski definition) is 1. The Morgan fingerprint density at radius 3 is 2.67 bits per heavy atom. The first kappa shape index (κ1) is 17.9. The summed E-state index contributed by atoms with van der Waals surface area (Å²) in [4.78, 5) is 18.5. The average Bonchev–Trinajstić information content (AvgIpc) is 2.61. The Balaban J connectivity index is 1.85. The molecule has 5 heteroatoms. The van der Waals surface area contributed by atoms with Crippen LogP contribution in [0.3, 0.4) is 0 Å². The first-order valence-electron chi connectivity index (χ1n) is 8.34. The van der Waals surface area contributed by atoms with E-state index >= 15 is 0 Å². The van der Waals surface area contributed by atoms with Crippen LogP contribution in [0.25, 0.3) is 0 Å². The van der Waals surface area contributed by atoms with E-state index in [1.54, 1.807) is 24.4 Å². The minimum Gasteiger partial charge on any atom is -0.357 e. The fraction of sp³-hybridized carbons (Fsp3) is 0.368. The van der Waals surface area contributed by atoms with Crippen LogP contribution in [0.1, 0.15) is 31.4 Å². The highest BCUT2D eigenvalue weighted by molar-refractivity contribution is 5.76. The van der Waals surface area contributed by atoms with Crippen molar-refractivity contribution in [3.63, 3.8) is 0 Å². The number of carbonyl (C=O) groups is 1. The lowest BCUT2D eigenvalue weighted by Gasteiger charge is -2.20. The fourth-order valence-electron chi connectivity index (χ4n) is 2.52. The minimum atomic E-state index is -0.296. The molecule has 1 amide bonds. The summed E-state index contributed by atoms with van der Waals surface area (Å²) in [6, 6.07) is 10.4. The largest absolute Gasteiger partial charge is 0.357 e. The standard InChI is InChI=1S/C19H24FN3O/c1-3-23(4-2)18-13-15(11-12-21-18)9-10-19(24)22-14-16-7-5-6-8-17(16)20/h5-8,11-13H,3-4,9-10,14H2,1-2H3,(H,22,24). The lowest BCUT2D eigenvalue weighted by atomic mass is 10.1. The number of anilines is 1. The zero-order chi connectivity index (χ0) is 17.4. The van der Waals surface area contributed by atoms with E-state index in [4.69, 9.17) is 0 Å². The fourth-order valence-corrected chi connectivity index (χ4v) is 2.52. The molecule has 2 aromatic rings. The molecule has 2 rings (SSSR count). The molecule has 1 heterocycles. The van der Waals surface area contributed by atoms with Crippen LogP contribution < -0.4 is 10.2 Å². The number of nitrogens with one attached hydrogen (secondary N) is 1. The van der Waals surface area contributed by atoms with E-state index < -0.39 is 0 Å². The van der Waals surface area contributed by atoms with Crippen molar-refractivity contribution in [3.8, 4) is 0 Å². The first-order chi connectivity index (χ1) is 11.6. The van der Waals surface area contributed by atoms with Crippen molar-refractivity contribution in [2.75, 3.05) is 18.0 Å². The highest BCUT2D eigenvalue weighted by Gasteiger charge is 2.07. The molecule has 0 aliphatic rings. The van der Waals surface area contributed by atoms with Crippen LogP contribution in [0.15, 0.2) is 42.6 Å². The predicted molar refractivity (Wildman–Crippen MR) is 94.4 cm³/mol. The molecule has 0 saturated heterocycles. The van der Waals surface area contributed by atoms with Crippen molar-refractivity contribution in [2.24, 2.45) is 0 Å². The van der Waals surface area contributed by atoms with Crippen molar-refractivity contribution in [1.29, 1.82) is 0 Å². The van der Waals surface area contributed by atoms with E-state index in [2.05, 4.69) is 29.0 Å². The number of benzene rings is 1. The van der Waals surface area contributed by atoms with Gasteiger partial charge in [-0.3, -0.25) is 4.79 Å². The van der Waals surface area contributed by atoms with Crippen LogP contribution in [0, 0.1) is 5.82 Å². The molecule has 0 atom stereocenters. The van der Waals surface area contributed by atoms with Crippen molar-refractivity contribution in [3.05, 3.63) is 59.5 Å². The number of carbonyl (C=O) groups excluding carboxylic acids is 1. The second kappa shape index (κ2) is 9.01. The number of rotatable bonds is 8. The zero-order valence-electron chi connectivity index (χ0n) is 14.3. The number of aromatic nitrogens is 1. The number of halogens is 1. The van der Waals surface area contributed by atoms with Gasteiger partial charge in [-0.2, -0.15) is 0 Å². The Kier molecular flexibility index (Phi) is 6.73. The molecule has 24 heavy (non-hydrogen) atoms. The van der Waals surface area contributed by atoms with Crippen LogP contribution in [0.2, 0.25) is 0 Å². The van der Waals surface area contributed by atoms with Gasteiger partial charge in [0.2, 0.25) is 5.91 Å². The third-order valence-corrected chi connectivity index (χ3v) is 3.97. The van der Waals surface area contributed by atoms with Gasteiger partial charge in [0.15, 0.2) is 0 Å². The van der Waals surface area contributed by atoms with Crippen LogP contribution >= 0.6 is 0 Å². The molecule has 1 aromatic heterocycles. The van der Waals surface area contributed by atoms with Gasteiger partial charge in [0.05, 0.1) is 0 Å². The molecule has 0 bridgehead atoms. The van der Waals surface area contributed by atoms with Crippen molar-refractivity contribution in [2.45, 2.75) is 33.2 Å². The quantitative estimate of drug-likeness (QED) is 0.808. The molecule has 4 nitrogen and oxygen atoms in total. The Bertz CT molecular complexity index is 671. The third kappa shape index (κ3) is 5.05. The molecular weight excluding hydrogens is 305 g/mol. The van der Waals surface area contributed by atoms with E-state index in [1.807, 2.05) is 12.1 Å². The average molecular weight is 329 g/mol. The molecule has 0 saturated carbocycles. The normalized spacial score (nSPS) is 10.5. The number of hydrogen-bond acceptors (Lipinski definition) is 3. The summed E-state index contributed by atoms with van der Waals surface area (Å²) in [5.41, 5.74) is 1.58. The summed E-state index contributed by atoms with van der Waals surface area (Å²) in [6.45, 7) is 6.20. The summed E-state index contributed by atoms with van der Waals surface area (Å²) < 4.78 is 13.5. The smallest absolute Gasteiger partial charge is 0.220 e. The van der Waals surface area contributed by atoms with Gasteiger partial charge in [0, 0.05) is 37.8 Å². The van der Waals surface area contributed by atoms with E-state index in [-0.39, 0.29) is 18.3 Å². The van der Waals surface area contributed by atoms with Gasteiger partial charge in [0.1, 0.15) is 11.6 Å². The van der Waals surface area contributed by atoms with Gasteiger partial charge in [-0.1, -0.05) is 18.2 Å². The monoisotopic (exact) mass is 329 g/mol. The first-order valence-corrected chi connectivity index (χ1v) is 8.34. The topological polar surface area (TPSA) is 45.2 Å². The van der Waals surface area contributed by atoms with Crippen molar-refractivity contribution < 1.29 is 9.18 Å². The Morgan fingerprint density at radius 1 is 1.21 bits per heavy atom. The molecule has 128 valence electrons. The zero-order valence-corrected chi connectivity index (χ0v) is 14.3. The van der Waals surface area contributed by atoms with E-state index in [9.17, 15) is 9.18 Å². The predicted octanol–water partition coefficient (Wildman–Crippen LogP) is 3.32. The number of nitrogens with zero attached hydrogens (tertiary/aromatic N) is 2. The molecule has 0 unspecified atom stereocenters. The highest BCUT2D eigenvalue weighted by atomic mass is 19.1. The minimum absolute atomic E-state index is 0.0838. The van der Waals surface area contributed by atoms with Gasteiger partial charge >= 0.3 is 0 Å². The maximum absolute atomic E-state index is 13.5. The number of aryl methyl sites for hydroxylation is 1. The van der Waals surface area contributed by atoms with Crippen LogP contribution in [-0.4, -0.2) is 24.0 Å². The number of amides is 1. The summed E-state index contributed by atoms with van der Waals surface area (Å²) in [5, 5.41) is 2.76. The van der Waals surface area contributed by atoms with E-state index in [0.717, 1.165) is 24.5 Å².